The Morgan fingerprint density at radius 1 is 1.44 bits per heavy atom. The number of carbonyl (C=O) groups excluding carboxylic acids is 1. The number of benzene rings is 1. The Morgan fingerprint density at radius 3 is 2.56 bits per heavy atom. The number of carbonyl (C=O) groups is 1. The number of hydrogen-bond donors (Lipinski definition) is 1. The van der Waals surface area contributed by atoms with Gasteiger partial charge in [-0.1, -0.05) is 12.1 Å². The second-order valence-electron chi connectivity index (χ2n) is 2.86. The number of halogens is 2. The molecule has 0 aliphatic carbocycles. The molecule has 0 fully saturated rings. The third-order valence-electron chi connectivity index (χ3n) is 2.00. The Bertz CT molecular complexity index is 373. The summed E-state index contributed by atoms with van der Waals surface area (Å²) in [5.41, 5.74) is 5.56. The molecule has 1 rings (SSSR count). The standard InChI is InChI=1S/C10H12FNO3.ClH/c1-14-7-5-3-4-6(8(7)11)9(12)10(13)15-2;/h3-5,9H,12H2,1-2H3;1H/t9-;/m1./s1. The molecule has 0 spiro atoms. The highest BCUT2D eigenvalue weighted by Crippen LogP contribution is 2.24. The van der Waals surface area contributed by atoms with Crippen LogP contribution in [0.3, 0.4) is 0 Å². The van der Waals surface area contributed by atoms with Gasteiger partial charge in [0.1, 0.15) is 6.04 Å². The maximum atomic E-state index is 13.6. The molecule has 6 heteroatoms. The van der Waals surface area contributed by atoms with Crippen molar-refractivity contribution in [2.24, 2.45) is 5.73 Å². The molecular formula is C10H13ClFNO3. The van der Waals surface area contributed by atoms with Crippen molar-refractivity contribution in [3.8, 4) is 5.75 Å². The summed E-state index contributed by atoms with van der Waals surface area (Å²) >= 11 is 0. The largest absolute Gasteiger partial charge is 0.494 e. The quantitative estimate of drug-likeness (QED) is 0.824. The summed E-state index contributed by atoms with van der Waals surface area (Å²) in [5, 5.41) is 0. The first-order chi connectivity index (χ1) is 7.11. The van der Waals surface area contributed by atoms with Crippen LogP contribution in [0.1, 0.15) is 11.6 Å². The summed E-state index contributed by atoms with van der Waals surface area (Å²) in [7, 11) is 2.53. The number of rotatable bonds is 3. The molecule has 2 N–H and O–H groups in total. The van der Waals surface area contributed by atoms with Crippen LogP contribution >= 0.6 is 12.4 Å². The molecule has 0 radical (unpaired) electrons. The molecule has 16 heavy (non-hydrogen) atoms. The monoisotopic (exact) mass is 249 g/mol. The van der Waals surface area contributed by atoms with E-state index in [1.807, 2.05) is 0 Å². The fourth-order valence-electron chi connectivity index (χ4n) is 1.18. The Morgan fingerprint density at radius 2 is 2.06 bits per heavy atom. The Labute approximate surface area is 98.9 Å². The van der Waals surface area contributed by atoms with E-state index in [0.29, 0.717) is 0 Å². The molecule has 0 aliphatic rings. The molecule has 90 valence electrons. The van der Waals surface area contributed by atoms with Gasteiger partial charge in [-0.15, -0.1) is 12.4 Å². The van der Waals surface area contributed by atoms with Gasteiger partial charge in [0.2, 0.25) is 0 Å². The molecule has 0 saturated heterocycles. The van der Waals surface area contributed by atoms with Crippen molar-refractivity contribution in [2.45, 2.75) is 6.04 Å². The van der Waals surface area contributed by atoms with Gasteiger partial charge in [0.05, 0.1) is 14.2 Å². The summed E-state index contributed by atoms with van der Waals surface area (Å²) < 4.78 is 22.8. The molecule has 0 unspecified atom stereocenters. The maximum Gasteiger partial charge on any atom is 0.327 e. The third-order valence-corrected chi connectivity index (χ3v) is 2.00. The summed E-state index contributed by atoms with van der Waals surface area (Å²) in [6.07, 6.45) is 0. The van der Waals surface area contributed by atoms with Crippen molar-refractivity contribution in [2.75, 3.05) is 14.2 Å². The zero-order valence-electron chi connectivity index (χ0n) is 8.90. The lowest BCUT2D eigenvalue weighted by Gasteiger charge is -2.12. The highest BCUT2D eigenvalue weighted by Gasteiger charge is 2.21. The minimum absolute atomic E-state index is 0. The highest BCUT2D eigenvalue weighted by molar-refractivity contribution is 5.85. The topological polar surface area (TPSA) is 61.5 Å². The van der Waals surface area contributed by atoms with Gasteiger partial charge in [0, 0.05) is 5.56 Å². The van der Waals surface area contributed by atoms with Crippen molar-refractivity contribution in [1.29, 1.82) is 0 Å². The van der Waals surface area contributed by atoms with Crippen molar-refractivity contribution in [3.05, 3.63) is 29.6 Å². The van der Waals surface area contributed by atoms with E-state index in [2.05, 4.69) is 4.74 Å². The first-order valence-electron chi connectivity index (χ1n) is 4.27. The van der Waals surface area contributed by atoms with Crippen molar-refractivity contribution in [1.82, 2.24) is 0 Å². The molecule has 0 saturated carbocycles. The average molecular weight is 250 g/mol. The molecular weight excluding hydrogens is 237 g/mol. The first kappa shape index (κ1) is 14.7. The number of esters is 1. The molecule has 1 aromatic carbocycles. The number of methoxy groups -OCH3 is 2. The zero-order valence-corrected chi connectivity index (χ0v) is 9.71. The normalized spacial score (nSPS) is 11.2. The van der Waals surface area contributed by atoms with Crippen LogP contribution < -0.4 is 10.5 Å². The highest BCUT2D eigenvalue weighted by atomic mass is 35.5. The van der Waals surface area contributed by atoms with E-state index in [-0.39, 0.29) is 23.7 Å². The lowest BCUT2D eigenvalue weighted by Crippen LogP contribution is -2.23. The van der Waals surface area contributed by atoms with E-state index in [4.69, 9.17) is 10.5 Å². The summed E-state index contributed by atoms with van der Waals surface area (Å²) in [5.74, 6) is -1.29. The summed E-state index contributed by atoms with van der Waals surface area (Å²) in [6.45, 7) is 0. The number of ether oxygens (including phenoxy) is 2. The molecule has 0 bridgehead atoms. The second kappa shape index (κ2) is 6.30. The Hall–Kier alpha value is -1.33. The van der Waals surface area contributed by atoms with E-state index in [1.165, 1.54) is 26.4 Å². The lowest BCUT2D eigenvalue weighted by molar-refractivity contribution is -0.142. The van der Waals surface area contributed by atoms with Gasteiger partial charge in [-0.2, -0.15) is 0 Å². The van der Waals surface area contributed by atoms with Crippen molar-refractivity contribution < 1.29 is 18.7 Å². The van der Waals surface area contributed by atoms with E-state index < -0.39 is 17.8 Å². The van der Waals surface area contributed by atoms with Gasteiger partial charge < -0.3 is 15.2 Å². The van der Waals surface area contributed by atoms with Crippen LogP contribution in [0.4, 0.5) is 4.39 Å². The molecule has 4 nitrogen and oxygen atoms in total. The maximum absolute atomic E-state index is 13.6. The van der Waals surface area contributed by atoms with Gasteiger partial charge in [0.25, 0.3) is 0 Å². The predicted octanol–water partition coefficient (Wildman–Crippen LogP) is 1.43. The molecule has 0 amide bonds. The van der Waals surface area contributed by atoms with Gasteiger partial charge in [-0.3, -0.25) is 4.79 Å². The van der Waals surface area contributed by atoms with E-state index in [9.17, 15) is 9.18 Å². The van der Waals surface area contributed by atoms with Crippen LogP contribution in [0.15, 0.2) is 18.2 Å². The summed E-state index contributed by atoms with van der Waals surface area (Å²) in [6, 6.07) is 3.28. The first-order valence-corrected chi connectivity index (χ1v) is 4.27. The third kappa shape index (κ3) is 2.84. The van der Waals surface area contributed by atoms with E-state index in [1.54, 1.807) is 6.07 Å². The van der Waals surface area contributed by atoms with E-state index >= 15 is 0 Å². The van der Waals surface area contributed by atoms with Crippen LogP contribution in [0.5, 0.6) is 5.75 Å². The van der Waals surface area contributed by atoms with Gasteiger partial charge in [0.15, 0.2) is 11.6 Å². The zero-order chi connectivity index (χ0) is 11.4. The number of nitrogens with two attached hydrogens (primary N) is 1. The SMILES string of the molecule is COC(=O)[C@H](N)c1cccc(OC)c1F.Cl. The van der Waals surface area contributed by atoms with Gasteiger partial charge >= 0.3 is 5.97 Å². The van der Waals surface area contributed by atoms with Crippen molar-refractivity contribution >= 4 is 18.4 Å². The van der Waals surface area contributed by atoms with Crippen LogP contribution in [-0.2, 0) is 9.53 Å². The van der Waals surface area contributed by atoms with Crippen LogP contribution in [0.25, 0.3) is 0 Å². The van der Waals surface area contributed by atoms with Crippen LogP contribution in [0.2, 0.25) is 0 Å². The van der Waals surface area contributed by atoms with Crippen LogP contribution in [-0.4, -0.2) is 20.2 Å². The van der Waals surface area contributed by atoms with E-state index in [0.717, 1.165) is 0 Å². The Balaban J connectivity index is 0.00000225. The molecule has 0 aliphatic heterocycles. The molecule has 0 aromatic heterocycles. The lowest BCUT2D eigenvalue weighted by atomic mass is 10.1. The summed E-state index contributed by atoms with van der Waals surface area (Å²) in [4.78, 5) is 11.1. The molecule has 1 aromatic rings. The second-order valence-corrected chi connectivity index (χ2v) is 2.86. The molecule has 0 heterocycles. The average Bonchev–Trinajstić information content (AvgIpc) is 2.27. The van der Waals surface area contributed by atoms with Gasteiger partial charge in [-0.25, -0.2) is 4.39 Å². The fourth-order valence-corrected chi connectivity index (χ4v) is 1.18. The number of hydrogen-bond acceptors (Lipinski definition) is 4. The Kier molecular flexibility index (Phi) is 5.77. The smallest absolute Gasteiger partial charge is 0.327 e. The molecule has 1 atom stereocenters. The van der Waals surface area contributed by atoms with Crippen LogP contribution in [0, 0.1) is 5.82 Å². The minimum Gasteiger partial charge on any atom is -0.494 e. The van der Waals surface area contributed by atoms with Crippen molar-refractivity contribution in [3.63, 3.8) is 0 Å². The minimum atomic E-state index is -1.13. The fraction of sp³-hybridized carbons (Fsp3) is 0.300. The predicted molar refractivity (Wildman–Crippen MR) is 59.1 cm³/mol. The van der Waals surface area contributed by atoms with Gasteiger partial charge in [-0.05, 0) is 6.07 Å².